The first-order valence-electron chi connectivity index (χ1n) is 8.25. The fraction of sp³-hybridized carbons (Fsp3) is 0.158. The second-order valence-electron chi connectivity index (χ2n) is 5.81. The van der Waals surface area contributed by atoms with Gasteiger partial charge in [0.05, 0.1) is 29.6 Å². The van der Waals surface area contributed by atoms with Crippen molar-refractivity contribution in [2.45, 2.75) is 11.3 Å². The summed E-state index contributed by atoms with van der Waals surface area (Å²) in [5.74, 6) is 0.265. The predicted octanol–water partition coefficient (Wildman–Crippen LogP) is 2.89. The van der Waals surface area contributed by atoms with E-state index in [2.05, 4.69) is 15.3 Å². The summed E-state index contributed by atoms with van der Waals surface area (Å²) in [6.07, 6.45) is 1.43. The van der Waals surface area contributed by atoms with Crippen molar-refractivity contribution in [3.8, 4) is 17.0 Å². The highest BCUT2D eigenvalue weighted by atomic mass is 32.2. The molecule has 0 aliphatic rings. The number of ether oxygens (including phenoxy) is 1. The van der Waals surface area contributed by atoms with E-state index in [0.29, 0.717) is 11.4 Å². The summed E-state index contributed by atoms with van der Waals surface area (Å²) in [7, 11) is -1.91. The third-order valence-corrected chi connectivity index (χ3v) is 5.65. The van der Waals surface area contributed by atoms with E-state index in [4.69, 9.17) is 4.74 Å². The lowest BCUT2D eigenvalue weighted by Gasteiger charge is -2.05. The van der Waals surface area contributed by atoms with Gasteiger partial charge < -0.3 is 9.72 Å². The number of nitrogens with zero attached hydrogens (tertiary/aromatic N) is 1. The van der Waals surface area contributed by atoms with E-state index in [1.54, 1.807) is 31.5 Å². The molecule has 0 unspecified atom stereocenters. The van der Waals surface area contributed by atoms with Crippen LogP contribution in [0.5, 0.6) is 5.75 Å². The van der Waals surface area contributed by atoms with Crippen LogP contribution in [-0.2, 0) is 14.6 Å². The van der Waals surface area contributed by atoms with E-state index >= 15 is 0 Å². The SMILES string of the molecule is COc1cccc(-c2cnc(NC(=O)CCS(=O)(=O)c3ccccc3)[nH]2)c1. The Hall–Kier alpha value is -3.13. The van der Waals surface area contributed by atoms with Crippen molar-refractivity contribution in [3.63, 3.8) is 0 Å². The number of carbonyl (C=O) groups excluding carboxylic acids is 1. The number of methoxy groups -OCH3 is 1. The zero-order valence-electron chi connectivity index (χ0n) is 14.7. The van der Waals surface area contributed by atoms with Gasteiger partial charge in [0, 0.05) is 12.0 Å². The first-order chi connectivity index (χ1) is 13.0. The molecule has 1 amide bonds. The molecule has 0 fully saturated rings. The number of aromatic nitrogens is 2. The van der Waals surface area contributed by atoms with Crippen LogP contribution in [-0.4, -0.2) is 37.2 Å². The van der Waals surface area contributed by atoms with Crippen LogP contribution in [0.2, 0.25) is 0 Å². The molecule has 2 N–H and O–H groups in total. The average Bonchev–Trinajstić information content (AvgIpc) is 3.16. The van der Waals surface area contributed by atoms with Gasteiger partial charge in [-0.3, -0.25) is 10.1 Å². The quantitative estimate of drug-likeness (QED) is 0.651. The second kappa shape index (κ2) is 8.05. The van der Waals surface area contributed by atoms with E-state index in [1.807, 2.05) is 24.3 Å². The molecule has 0 saturated carbocycles. The Bertz CT molecular complexity index is 1030. The maximum Gasteiger partial charge on any atom is 0.227 e. The van der Waals surface area contributed by atoms with Gasteiger partial charge >= 0.3 is 0 Å². The molecule has 3 aromatic rings. The molecule has 7 nitrogen and oxygen atoms in total. The molecule has 0 bridgehead atoms. The molecule has 8 heteroatoms. The van der Waals surface area contributed by atoms with Crippen LogP contribution in [0.15, 0.2) is 65.7 Å². The maximum atomic E-state index is 12.2. The number of aromatic amines is 1. The molecule has 1 aromatic heterocycles. The lowest BCUT2D eigenvalue weighted by atomic mass is 10.1. The normalized spacial score (nSPS) is 11.1. The Labute approximate surface area is 157 Å². The van der Waals surface area contributed by atoms with Crippen LogP contribution in [0.3, 0.4) is 0 Å². The van der Waals surface area contributed by atoms with Crippen LogP contribution < -0.4 is 10.1 Å². The molecule has 1 heterocycles. The van der Waals surface area contributed by atoms with Crippen LogP contribution in [0.1, 0.15) is 6.42 Å². The minimum atomic E-state index is -3.50. The molecule has 2 aromatic carbocycles. The third kappa shape index (κ3) is 4.73. The van der Waals surface area contributed by atoms with Gasteiger partial charge in [0.2, 0.25) is 11.9 Å². The molecule has 0 aliphatic carbocycles. The summed E-state index contributed by atoms with van der Waals surface area (Å²) in [5.41, 5.74) is 1.56. The number of benzene rings is 2. The zero-order valence-corrected chi connectivity index (χ0v) is 15.5. The number of amides is 1. The molecular formula is C19H19N3O4S. The first-order valence-corrected chi connectivity index (χ1v) is 9.90. The highest BCUT2D eigenvalue weighted by Crippen LogP contribution is 2.23. The summed E-state index contributed by atoms with van der Waals surface area (Å²) in [5, 5.41) is 2.58. The van der Waals surface area contributed by atoms with Gasteiger partial charge in [0.1, 0.15) is 5.75 Å². The van der Waals surface area contributed by atoms with E-state index < -0.39 is 15.7 Å². The third-order valence-electron chi connectivity index (χ3n) is 3.91. The average molecular weight is 385 g/mol. The van der Waals surface area contributed by atoms with E-state index in [-0.39, 0.29) is 23.0 Å². The van der Waals surface area contributed by atoms with Gasteiger partial charge in [0.25, 0.3) is 0 Å². The fourth-order valence-electron chi connectivity index (χ4n) is 2.49. The summed E-state index contributed by atoms with van der Waals surface area (Å²) < 4.78 is 29.6. The Morgan fingerprint density at radius 3 is 2.67 bits per heavy atom. The van der Waals surface area contributed by atoms with Gasteiger partial charge in [-0.1, -0.05) is 30.3 Å². The van der Waals surface area contributed by atoms with Crippen LogP contribution in [0, 0.1) is 0 Å². The summed E-state index contributed by atoms with van der Waals surface area (Å²) in [6.45, 7) is 0. The molecule has 0 radical (unpaired) electrons. The molecule has 3 rings (SSSR count). The van der Waals surface area contributed by atoms with E-state index in [1.165, 1.54) is 12.1 Å². The number of hydrogen-bond acceptors (Lipinski definition) is 5. The molecule has 0 saturated heterocycles. The van der Waals surface area contributed by atoms with Crippen molar-refractivity contribution in [3.05, 3.63) is 60.8 Å². The van der Waals surface area contributed by atoms with Gasteiger partial charge in [-0.15, -0.1) is 0 Å². The highest BCUT2D eigenvalue weighted by molar-refractivity contribution is 7.91. The number of rotatable bonds is 7. The summed E-state index contributed by atoms with van der Waals surface area (Å²) >= 11 is 0. The zero-order chi connectivity index (χ0) is 19.3. The van der Waals surface area contributed by atoms with Crippen molar-refractivity contribution in [2.24, 2.45) is 0 Å². The van der Waals surface area contributed by atoms with Crippen molar-refractivity contribution in [1.82, 2.24) is 9.97 Å². The number of imidazole rings is 1. The standard InChI is InChI=1S/C19H19N3O4S/c1-26-15-7-5-6-14(12-15)17-13-20-19(21-17)22-18(23)10-11-27(24,25)16-8-3-2-4-9-16/h2-9,12-13H,10-11H2,1H3,(H2,20,21,22,23). The monoisotopic (exact) mass is 385 g/mol. The van der Waals surface area contributed by atoms with Gasteiger partial charge in [0.15, 0.2) is 9.84 Å². The molecule has 0 atom stereocenters. The summed E-state index contributed by atoms with van der Waals surface area (Å²) in [4.78, 5) is 19.4. The molecule has 27 heavy (non-hydrogen) atoms. The number of nitrogens with one attached hydrogen (secondary N) is 2. The Morgan fingerprint density at radius 2 is 1.93 bits per heavy atom. The second-order valence-corrected chi connectivity index (χ2v) is 7.92. The first kappa shape index (κ1) is 18.7. The van der Waals surface area contributed by atoms with Crippen molar-refractivity contribution in [1.29, 1.82) is 0 Å². The van der Waals surface area contributed by atoms with Gasteiger partial charge in [-0.05, 0) is 24.3 Å². The van der Waals surface area contributed by atoms with Crippen molar-refractivity contribution >= 4 is 21.7 Å². The number of sulfone groups is 1. The lowest BCUT2D eigenvalue weighted by molar-refractivity contribution is -0.115. The number of anilines is 1. The van der Waals surface area contributed by atoms with E-state index in [0.717, 1.165) is 5.56 Å². The van der Waals surface area contributed by atoms with E-state index in [9.17, 15) is 13.2 Å². The summed E-state index contributed by atoms with van der Waals surface area (Å²) in [6, 6.07) is 15.5. The Kier molecular flexibility index (Phi) is 5.56. The van der Waals surface area contributed by atoms with Gasteiger partial charge in [-0.25, -0.2) is 13.4 Å². The molecule has 140 valence electrons. The predicted molar refractivity (Wildman–Crippen MR) is 102 cm³/mol. The fourth-order valence-corrected chi connectivity index (χ4v) is 3.75. The molecule has 0 spiro atoms. The minimum Gasteiger partial charge on any atom is -0.497 e. The van der Waals surface area contributed by atoms with Crippen molar-refractivity contribution in [2.75, 3.05) is 18.2 Å². The minimum absolute atomic E-state index is 0.160. The number of H-pyrrole nitrogens is 1. The van der Waals surface area contributed by atoms with Gasteiger partial charge in [-0.2, -0.15) is 0 Å². The van der Waals surface area contributed by atoms with Crippen molar-refractivity contribution < 1.29 is 17.9 Å². The number of carbonyl (C=O) groups is 1. The largest absolute Gasteiger partial charge is 0.497 e. The van der Waals surface area contributed by atoms with Crippen LogP contribution in [0.25, 0.3) is 11.3 Å². The van der Waals surface area contributed by atoms with Crippen LogP contribution in [0.4, 0.5) is 5.95 Å². The highest BCUT2D eigenvalue weighted by Gasteiger charge is 2.16. The Morgan fingerprint density at radius 1 is 1.15 bits per heavy atom. The molecule has 0 aliphatic heterocycles. The molecular weight excluding hydrogens is 366 g/mol. The topological polar surface area (TPSA) is 101 Å². The van der Waals surface area contributed by atoms with Crippen LogP contribution >= 0.6 is 0 Å². The smallest absolute Gasteiger partial charge is 0.227 e. The number of hydrogen-bond donors (Lipinski definition) is 2. The maximum absolute atomic E-state index is 12.2. The Balaban J connectivity index is 1.61. The lowest BCUT2D eigenvalue weighted by Crippen LogP contribution is -2.18.